The SMILES string of the molecule is CCCN(CC(=O)Nc1ccc(Cl)cc1Cl)C(=O)c1csc(-c2ccc(OC)cc2)n1. The van der Waals surface area contributed by atoms with Crippen LogP contribution in [0.1, 0.15) is 23.8 Å². The molecule has 2 aromatic carbocycles. The van der Waals surface area contributed by atoms with Gasteiger partial charge in [0.25, 0.3) is 5.91 Å². The van der Waals surface area contributed by atoms with Crippen LogP contribution in [0.4, 0.5) is 5.69 Å². The number of aromatic nitrogens is 1. The normalized spacial score (nSPS) is 10.6. The van der Waals surface area contributed by atoms with Gasteiger partial charge in [0.05, 0.1) is 17.8 Å². The Hall–Kier alpha value is -2.61. The largest absolute Gasteiger partial charge is 0.497 e. The lowest BCUT2D eigenvalue weighted by molar-refractivity contribution is -0.116. The highest BCUT2D eigenvalue weighted by Crippen LogP contribution is 2.27. The number of benzene rings is 2. The van der Waals surface area contributed by atoms with Gasteiger partial charge in [0, 0.05) is 22.5 Å². The topological polar surface area (TPSA) is 71.5 Å². The Bertz CT molecular complexity index is 1070. The number of thiazole rings is 1. The number of hydrogen-bond acceptors (Lipinski definition) is 5. The molecule has 0 unspecified atom stereocenters. The summed E-state index contributed by atoms with van der Waals surface area (Å²) in [6, 6.07) is 12.3. The molecule has 1 heterocycles. The summed E-state index contributed by atoms with van der Waals surface area (Å²) in [5.41, 5.74) is 1.64. The van der Waals surface area contributed by atoms with E-state index in [9.17, 15) is 9.59 Å². The van der Waals surface area contributed by atoms with Crippen molar-refractivity contribution < 1.29 is 14.3 Å². The maximum Gasteiger partial charge on any atom is 0.273 e. The lowest BCUT2D eigenvalue weighted by atomic mass is 10.2. The third-order valence-corrected chi connectivity index (χ3v) is 5.82. The number of halogens is 2. The second-order valence-corrected chi connectivity index (χ2v) is 8.37. The molecule has 6 nitrogen and oxygen atoms in total. The van der Waals surface area contributed by atoms with Gasteiger partial charge < -0.3 is 15.0 Å². The van der Waals surface area contributed by atoms with Gasteiger partial charge in [0.15, 0.2) is 0 Å². The molecule has 2 amide bonds. The Kier molecular flexibility index (Phi) is 7.90. The van der Waals surface area contributed by atoms with Crippen LogP contribution >= 0.6 is 34.5 Å². The van der Waals surface area contributed by atoms with Crippen molar-refractivity contribution in [1.82, 2.24) is 9.88 Å². The molecule has 9 heteroatoms. The first kappa shape index (κ1) is 23.1. The van der Waals surface area contributed by atoms with Crippen molar-refractivity contribution in [2.45, 2.75) is 13.3 Å². The van der Waals surface area contributed by atoms with Gasteiger partial charge in [-0.2, -0.15) is 0 Å². The molecule has 0 spiro atoms. The van der Waals surface area contributed by atoms with Gasteiger partial charge in [-0.25, -0.2) is 4.98 Å². The molecule has 162 valence electrons. The van der Waals surface area contributed by atoms with Gasteiger partial charge >= 0.3 is 0 Å². The minimum absolute atomic E-state index is 0.110. The quantitative estimate of drug-likeness (QED) is 0.457. The van der Waals surface area contributed by atoms with Crippen molar-refractivity contribution in [2.75, 3.05) is 25.5 Å². The zero-order valence-corrected chi connectivity index (χ0v) is 19.4. The van der Waals surface area contributed by atoms with Crippen molar-refractivity contribution in [3.8, 4) is 16.3 Å². The molecule has 1 aromatic heterocycles. The predicted molar refractivity (Wildman–Crippen MR) is 125 cm³/mol. The monoisotopic (exact) mass is 477 g/mol. The Balaban J connectivity index is 1.71. The molecule has 31 heavy (non-hydrogen) atoms. The predicted octanol–water partition coefficient (Wildman–Crippen LogP) is 5.62. The Morgan fingerprint density at radius 2 is 1.90 bits per heavy atom. The lowest BCUT2D eigenvalue weighted by Crippen LogP contribution is -2.38. The van der Waals surface area contributed by atoms with Crippen LogP contribution in [0, 0.1) is 0 Å². The third-order valence-electron chi connectivity index (χ3n) is 4.38. The molecule has 0 aliphatic carbocycles. The summed E-state index contributed by atoms with van der Waals surface area (Å²) in [6.07, 6.45) is 0.705. The maximum atomic E-state index is 13.0. The first-order valence-electron chi connectivity index (χ1n) is 9.55. The molecule has 0 atom stereocenters. The minimum Gasteiger partial charge on any atom is -0.497 e. The summed E-state index contributed by atoms with van der Waals surface area (Å²) >= 11 is 13.4. The molecular formula is C22H21Cl2N3O3S. The van der Waals surface area contributed by atoms with E-state index >= 15 is 0 Å². The highest BCUT2D eigenvalue weighted by molar-refractivity contribution is 7.13. The fraction of sp³-hybridized carbons (Fsp3) is 0.227. The first-order chi connectivity index (χ1) is 14.9. The smallest absolute Gasteiger partial charge is 0.273 e. The van der Waals surface area contributed by atoms with Crippen LogP contribution in [-0.4, -0.2) is 41.9 Å². The number of nitrogens with one attached hydrogen (secondary N) is 1. The Labute approximate surface area is 194 Å². The molecule has 3 aromatic rings. The minimum atomic E-state index is -0.350. The van der Waals surface area contributed by atoms with E-state index in [-0.39, 0.29) is 18.4 Å². The zero-order chi connectivity index (χ0) is 22.4. The van der Waals surface area contributed by atoms with Crippen LogP contribution in [0.15, 0.2) is 47.8 Å². The molecule has 1 N–H and O–H groups in total. The van der Waals surface area contributed by atoms with E-state index < -0.39 is 0 Å². The number of carbonyl (C=O) groups is 2. The average Bonchev–Trinajstić information content (AvgIpc) is 3.25. The van der Waals surface area contributed by atoms with E-state index in [4.69, 9.17) is 27.9 Å². The van der Waals surface area contributed by atoms with Crippen LogP contribution in [0.5, 0.6) is 5.75 Å². The second kappa shape index (κ2) is 10.6. The molecule has 0 bridgehead atoms. The van der Waals surface area contributed by atoms with Gasteiger partial charge in [-0.05, 0) is 48.9 Å². The maximum absolute atomic E-state index is 13.0. The highest BCUT2D eigenvalue weighted by atomic mass is 35.5. The molecular weight excluding hydrogens is 457 g/mol. The number of anilines is 1. The van der Waals surface area contributed by atoms with Crippen LogP contribution in [0.2, 0.25) is 10.0 Å². The molecule has 0 saturated carbocycles. The fourth-order valence-corrected chi connectivity index (χ4v) is 4.13. The molecule has 0 fully saturated rings. The summed E-state index contributed by atoms with van der Waals surface area (Å²) in [6.45, 7) is 2.26. The van der Waals surface area contributed by atoms with Crippen LogP contribution in [0.3, 0.4) is 0 Å². The average molecular weight is 478 g/mol. The fourth-order valence-electron chi connectivity index (χ4n) is 2.88. The third kappa shape index (κ3) is 5.97. The van der Waals surface area contributed by atoms with Crippen molar-refractivity contribution in [2.24, 2.45) is 0 Å². The molecule has 0 aliphatic rings. The molecule has 0 saturated heterocycles. The summed E-state index contributed by atoms with van der Waals surface area (Å²) in [5.74, 6) is 0.101. The van der Waals surface area contributed by atoms with E-state index in [0.717, 1.165) is 16.3 Å². The van der Waals surface area contributed by atoms with Crippen LogP contribution in [0.25, 0.3) is 10.6 Å². The Morgan fingerprint density at radius 3 is 2.55 bits per heavy atom. The van der Waals surface area contributed by atoms with Gasteiger partial charge in [-0.3, -0.25) is 9.59 Å². The molecule has 3 rings (SSSR count). The van der Waals surface area contributed by atoms with E-state index in [1.54, 1.807) is 30.7 Å². The van der Waals surface area contributed by atoms with Crippen LogP contribution < -0.4 is 10.1 Å². The van der Waals surface area contributed by atoms with Crippen molar-refractivity contribution >= 4 is 52.0 Å². The number of amides is 2. The number of carbonyl (C=O) groups excluding carboxylic acids is 2. The lowest BCUT2D eigenvalue weighted by Gasteiger charge is -2.20. The van der Waals surface area contributed by atoms with Crippen molar-refractivity contribution in [3.05, 3.63) is 63.6 Å². The number of rotatable bonds is 8. The number of methoxy groups -OCH3 is 1. The second-order valence-electron chi connectivity index (χ2n) is 6.67. The van der Waals surface area contributed by atoms with Crippen LogP contribution in [-0.2, 0) is 4.79 Å². The van der Waals surface area contributed by atoms with Gasteiger partial charge in [0.1, 0.15) is 23.0 Å². The summed E-state index contributed by atoms with van der Waals surface area (Å²) in [7, 11) is 1.61. The van der Waals surface area contributed by atoms with E-state index in [0.29, 0.717) is 34.4 Å². The molecule has 0 aliphatic heterocycles. The van der Waals surface area contributed by atoms with Gasteiger partial charge in [0.2, 0.25) is 5.91 Å². The summed E-state index contributed by atoms with van der Waals surface area (Å²) in [4.78, 5) is 31.5. The number of ether oxygens (including phenoxy) is 1. The highest BCUT2D eigenvalue weighted by Gasteiger charge is 2.21. The van der Waals surface area contributed by atoms with E-state index in [1.165, 1.54) is 16.2 Å². The van der Waals surface area contributed by atoms with E-state index in [2.05, 4.69) is 10.3 Å². The van der Waals surface area contributed by atoms with Gasteiger partial charge in [-0.15, -0.1) is 11.3 Å². The number of nitrogens with zero attached hydrogens (tertiary/aromatic N) is 2. The van der Waals surface area contributed by atoms with Crippen molar-refractivity contribution in [1.29, 1.82) is 0 Å². The van der Waals surface area contributed by atoms with Gasteiger partial charge in [-0.1, -0.05) is 30.1 Å². The first-order valence-corrected chi connectivity index (χ1v) is 11.2. The number of hydrogen-bond donors (Lipinski definition) is 1. The summed E-state index contributed by atoms with van der Waals surface area (Å²) in [5, 5.41) is 5.96. The zero-order valence-electron chi connectivity index (χ0n) is 17.0. The summed E-state index contributed by atoms with van der Waals surface area (Å²) < 4.78 is 5.17. The Morgan fingerprint density at radius 1 is 1.16 bits per heavy atom. The molecule has 0 radical (unpaired) electrons. The standard InChI is InChI=1S/C22H21Cl2N3O3S/c1-3-10-27(12-20(28)25-18-9-6-15(23)11-17(18)24)22(29)19-13-31-21(26-19)14-4-7-16(30-2)8-5-14/h4-9,11,13H,3,10,12H2,1-2H3,(H,25,28). The van der Waals surface area contributed by atoms with Crippen molar-refractivity contribution in [3.63, 3.8) is 0 Å². The van der Waals surface area contributed by atoms with E-state index in [1.807, 2.05) is 31.2 Å².